The number of hydrogen-bond donors (Lipinski definition) is 2. The third-order valence-corrected chi connectivity index (χ3v) is 1.84. The van der Waals surface area contributed by atoms with Gasteiger partial charge in [0.15, 0.2) is 0 Å². The fourth-order valence-electron chi connectivity index (χ4n) is 1.48. The lowest BCUT2D eigenvalue weighted by atomic mass is 9.94. The molecule has 13 heavy (non-hydrogen) atoms. The molecule has 0 heterocycles. The summed E-state index contributed by atoms with van der Waals surface area (Å²) in [6, 6.07) is 0. The molecule has 3 heteroatoms. The first-order valence-electron chi connectivity index (χ1n) is 4.90. The molecule has 0 aromatic carbocycles. The summed E-state index contributed by atoms with van der Waals surface area (Å²) in [7, 11) is 1.67. The van der Waals surface area contributed by atoms with Crippen molar-refractivity contribution in [2.24, 2.45) is 5.92 Å². The van der Waals surface area contributed by atoms with E-state index in [-0.39, 0.29) is 0 Å². The minimum Gasteiger partial charge on any atom is -0.389 e. The SMILES string of the molecule is COCCNCC(C)(O)CC(C)C. The molecule has 1 atom stereocenters. The largest absolute Gasteiger partial charge is 0.389 e. The summed E-state index contributed by atoms with van der Waals surface area (Å²) in [6.45, 7) is 8.22. The van der Waals surface area contributed by atoms with E-state index in [9.17, 15) is 5.11 Å². The van der Waals surface area contributed by atoms with Gasteiger partial charge in [-0.1, -0.05) is 13.8 Å². The highest BCUT2D eigenvalue weighted by molar-refractivity contribution is 4.76. The summed E-state index contributed by atoms with van der Waals surface area (Å²) in [5, 5.41) is 13.0. The average Bonchev–Trinajstić information content (AvgIpc) is 1.95. The van der Waals surface area contributed by atoms with Gasteiger partial charge in [-0.25, -0.2) is 0 Å². The van der Waals surface area contributed by atoms with Gasteiger partial charge in [-0.15, -0.1) is 0 Å². The van der Waals surface area contributed by atoms with Crippen LogP contribution in [0.15, 0.2) is 0 Å². The van der Waals surface area contributed by atoms with Crippen molar-refractivity contribution in [1.82, 2.24) is 5.32 Å². The molecular weight excluding hydrogens is 166 g/mol. The summed E-state index contributed by atoms with van der Waals surface area (Å²) in [6.07, 6.45) is 0.826. The van der Waals surface area contributed by atoms with Crippen LogP contribution in [0.3, 0.4) is 0 Å². The van der Waals surface area contributed by atoms with Crippen LogP contribution in [0.5, 0.6) is 0 Å². The van der Waals surface area contributed by atoms with E-state index >= 15 is 0 Å². The van der Waals surface area contributed by atoms with Crippen LogP contribution in [0.4, 0.5) is 0 Å². The van der Waals surface area contributed by atoms with Gasteiger partial charge in [0.1, 0.15) is 0 Å². The van der Waals surface area contributed by atoms with E-state index < -0.39 is 5.60 Å². The Hall–Kier alpha value is -0.120. The van der Waals surface area contributed by atoms with Gasteiger partial charge in [-0.3, -0.25) is 0 Å². The van der Waals surface area contributed by atoms with Crippen LogP contribution in [-0.4, -0.2) is 37.5 Å². The Labute approximate surface area is 81.5 Å². The van der Waals surface area contributed by atoms with Crippen molar-refractivity contribution in [3.05, 3.63) is 0 Å². The Bertz CT molecular complexity index is 124. The zero-order chi connectivity index (χ0) is 10.3. The Morgan fingerprint density at radius 1 is 1.46 bits per heavy atom. The predicted octanol–water partition coefficient (Wildman–Crippen LogP) is 1.02. The van der Waals surface area contributed by atoms with Crippen LogP contribution in [0.1, 0.15) is 27.2 Å². The molecule has 3 nitrogen and oxygen atoms in total. The lowest BCUT2D eigenvalue weighted by Gasteiger charge is -2.25. The zero-order valence-electron chi connectivity index (χ0n) is 9.26. The van der Waals surface area contributed by atoms with Gasteiger partial charge in [0.05, 0.1) is 12.2 Å². The zero-order valence-corrected chi connectivity index (χ0v) is 9.26. The highest BCUT2D eigenvalue weighted by Crippen LogP contribution is 2.14. The Kier molecular flexibility index (Phi) is 6.29. The molecule has 0 saturated heterocycles. The van der Waals surface area contributed by atoms with Crippen LogP contribution >= 0.6 is 0 Å². The van der Waals surface area contributed by atoms with Gasteiger partial charge >= 0.3 is 0 Å². The van der Waals surface area contributed by atoms with Gasteiger partial charge in [0.25, 0.3) is 0 Å². The molecule has 0 aliphatic rings. The number of methoxy groups -OCH3 is 1. The topological polar surface area (TPSA) is 41.5 Å². The first kappa shape index (κ1) is 12.9. The second-order valence-corrected chi connectivity index (χ2v) is 4.26. The molecule has 0 saturated carbocycles. The monoisotopic (exact) mass is 189 g/mol. The number of hydrogen-bond acceptors (Lipinski definition) is 3. The van der Waals surface area contributed by atoms with E-state index in [1.54, 1.807) is 7.11 Å². The summed E-state index contributed by atoms with van der Waals surface area (Å²) in [4.78, 5) is 0. The molecule has 0 amide bonds. The molecule has 0 bridgehead atoms. The molecule has 2 N–H and O–H groups in total. The fraction of sp³-hybridized carbons (Fsp3) is 1.00. The lowest BCUT2D eigenvalue weighted by Crippen LogP contribution is -2.39. The normalized spacial score (nSPS) is 16.2. The Morgan fingerprint density at radius 3 is 2.54 bits per heavy atom. The van der Waals surface area contributed by atoms with Crippen molar-refractivity contribution in [1.29, 1.82) is 0 Å². The minimum atomic E-state index is -0.595. The standard InChI is InChI=1S/C10H23NO2/c1-9(2)7-10(3,12)8-11-5-6-13-4/h9,11-12H,5-8H2,1-4H3. The molecular formula is C10H23NO2. The van der Waals surface area contributed by atoms with E-state index in [0.717, 1.165) is 13.0 Å². The van der Waals surface area contributed by atoms with Crippen LogP contribution in [0.2, 0.25) is 0 Å². The van der Waals surface area contributed by atoms with Crippen molar-refractivity contribution in [3.63, 3.8) is 0 Å². The maximum absolute atomic E-state index is 9.88. The summed E-state index contributed by atoms with van der Waals surface area (Å²) < 4.78 is 4.89. The van der Waals surface area contributed by atoms with Crippen molar-refractivity contribution in [3.8, 4) is 0 Å². The van der Waals surface area contributed by atoms with Gasteiger partial charge in [0.2, 0.25) is 0 Å². The van der Waals surface area contributed by atoms with Gasteiger partial charge in [-0.05, 0) is 19.3 Å². The first-order chi connectivity index (χ1) is 5.98. The van der Waals surface area contributed by atoms with E-state index in [1.807, 2.05) is 6.92 Å². The first-order valence-corrected chi connectivity index (χ1v) is 4.90. The lowest BCUT2D eigenvalue weighted by molar-refractivity contribution is 0.0371. The Morgan fingerprint density at radius 2 is 2.08 bits per heavy atom. The van der Waals surface area contributed by atoms with E-state index in [1.165, 1.54) is 0 Å². The van der Waals surface area contributed by atoms with E-state index in [4.69, 9.17) is 4.74 Å². The predicted molar refractivity (Wildman–Crippen MR) is 54.8 cm³/mol. The summed E-state index contributed by atoms with van der Waals surface area (Å²) >= 11 is 0. The molecule has 0 aliphatic heterocycles. The molecule has 0 radical (unpaired) electrons. The van der Waals surface area contributed by atoms with Gasteiger partial charge in [-0.2, -0.15) is 0 Å². The smallest absolute Gasteiger partial charge is 0.0746 e. The molecule has 0 fully saturated rings. The summed E-state index contributed by atoms with van der Waals surface area (Å²) in [5.41, 5.74) is -0.595. The van der Waals surface area contributed by atoms with Gasteiger partial charge in [0, 0.05) is 20.2 Å². The molecule has 1 unspecified atom stereocenters. The molecule has 0 aliphatic carbocycles. The van der Waals surface area contributed by atoms with Crippen molar-refractivity contribution < 1.29 is 9.84 Å². The summed E-state index contributed by atoms with van der Waals surface area (Å²) in [5.74, 6) is 0.527. The van der Waals surface area contributed by atoms with Crippen LogP contribution in [-0.2, 0) is 4.74 Å². The highest BCUT2D eigenvalue weighted by Gasteiger charge is 2.20. The molecule has 0 aromatic heterocycles. The molecule has 0 rings (SSSR count). The highest BCUT2D eigenvalue weighted by atomic mass is 16.5. The van der Waals surface area contributed by atoms with Gasteiger partial charge < -0.3 is 15.2 Å². The second kappa shape index (κ2) is 6.35. The van der Waals surface area contributed by atoms with E-state index in [2.05, 4.69) is 19.2 Å². The average molecular weight is 189 g/mol. The maximum atomic E-state index is 9.88. The quantitative estimate of drug-likeness (QED) is 0.588. The van der Waals surface area contributed by atoms with Crippen LogP contribution in [0, 0.1) is 5.92 Å². The molecule has 80 valence electrons. The molecule has 0 aromatic rings. The third-order valence-electron chi connectivity index (χ3n) is 1.84. The molecule has 0 spiro atoms. The number of aliphatic hydroxyl groups is 1. The number of nitrogens with one attached hydrogen (secondary N) is 1. The van der Waals surface area contributed by atoms with E-state index in [0.29, 0.717) is 19.1 Å². The number of rotatable bonds is 7. The maximum Gasteiger partial charge on any atom is 0.0746 e. The van der Waals surface area contributed by atoms with Crippen LogP contribution in [0.25, 0.3) is 0 Å². The number of ether oxygens (including phenoxy) is 1. The van der Waals surface area contributed by atoms with Crippen LogP contribution < -0.4 is 5.32 Å². The fourth-order valence-corrected chi connectivity index (χ4v) is 1.48. The van der Waals surface area contributed by atoms with Crippen molar-refractivity contribution in [2.75, 3.05) is 26.8 Å². The third kappa shape index (κ3) is 8.22. The minimum absolute atomic E-state index is 0.527. The van der Waals surface area contributed by atoms with Crippen molar-refractivity contribution in [2.45, 2.75) is 32.8 Å². The second-order valence-electron chi connectivity index (χ2n) is 4.26. The Balaban J connectivity index is 3.50. The van der Waals surface area contributed by atoms with Crippen molar-refractivity contribution >= 4 is 0 Å².